The van der Waals surface area contributed by atoms with Gasteiger partial charge in [0.1, 0.15) is 11.5 Å². The fourth-order valence-electron chi connectivity index (χ4n) is 4.18. The number of aryl methyl sites for hydroxylation is 1. The zero-order chi connectivity index (χ0) is 14.1. The van der Waals surface area contributed by atoms with Gasteiger partial charge >= 0.3 is 0 Å². The van der Waals surface area contributed by atoms with Gasteiger partial charge in [0.05, 0.1) is 12.6 Å². The third kappa shape index (κ3) is 2.94. The van der Waals surface area contributed by atoms with Crippen molar-refractivity contribution >= 4 is 0 Å². The Morgan fingerprint density at radius 2 is 1.80 bits per heavy atom. The number of nitrogens with zero attached hydrogens (tertiary/aromatic N) is 1. The van der Waals surface area contributed by atoms with Crippen LogP contribution in [0.1, 0.15) is 50.5 Å². The Bertz CT molecular complexity index is 428. The van der Waals surface area contributed by atoms with Crippen LogP contribution in [0.2, 0.25) is 0 Å². The van der Waals surface area contributed by atoms with Gasteiger partial charge in [-0.2, -0.15) is 0 Å². The minimum atomic E-state index is -0.0297. The smallest absolute Gasteiger partial charge is 0.118 e. The van der Waals surface area contributed by atoms with Crippen molar-refractivity contribution in [2.45, 2.75) is 64.1 Å². The van der Waals surface area contributed by atoms with E-state index in [-0.39, 0.29) is 6.10 Å². The van der Waals surface area contributed by atoms with E-state index in [1.807, 2.05) is 0 Å². The molecular formula is C17H27NO2. The Kier molecular flexibility index (Phi) is 4.18. The third-order valence-electron chi connectivity index (χ3n) is 5.21. The molecule has 2 aliphatic rings. The molecule has 3 heteroatoms. The second-order valence-corrected chi connectivity index (χ2v) is 6.80. The highest BCUT2D eigenvalue weighted by Crippen LogP contribution is 2.45. The predicted octanol–water partition coefficient (Wildman–Crippen LogP) is 3.21. The number of fused-ring (bicyclic) bond motifs is 1. The van der Waals surface area contributed by atoms with Crippen LogP contribution in [0.25, 0.3) is 0 Å². The fraction of sp³-hybridized carbons (Fsp3) is 0.765. The Morgan fingerprint density at radius 3 is 2.45 bits per heavy atom. The summed E-state index contributed by atoms with van der Waals surface area (Å²) in [6, 6.07) is 4.91. The molecule has 0 radical (unpaired) electrons. The highest BCUT2D eigenvalue weighted by atomic mass is 16.3. The van der Waals surface area contributed by atoms with Gasteiger partial charge in [-0.3, -0.25) is 4.90 Å². The maximum atomic E-state index is 9.72. The van der Waals surface area contributed by atoms with E-state index in [9.17, 15) is 5.11 Å². The molecule has 20 heavy (non-hydrogen) atoms. The van der Waals surface area contributed by atoms with Crippen molar-refractivity contribution in [3.8, 4) is 0 Å². The summed E-state index contributed by atoms with van der Waals surface area (Å²) in [7, 11) is 2.21. The topological polar surface area (TPSA) is 36.6 Å². The van der Waals surface area contributed by atoms with Crippen LogP contribution in [0, 0.1) is 11.8 Å². The van der Waals surface area contributed by atoms with Crippen molar-refractivity contribution in [2.24, 2.45) is 11.8 Å². The van der Waals surface area contributed by atoms with Crippen LogP contribution in [0.4, 0.5) is 0 Å². The van der Waals surface area contributed by atoms with Gasteiger partial charge in [-0.15, -0.1) is 0 Å². The Labute approximate surface area is 122 Å². The van der Waals surface area contributed by atoms with E-state index in [1.54, 1.807) is 0 Å². The van der Waals surface area contributed by atoms with Gasteiger partial charge in [0, 0.05) is 12.5 Å². The van der Waals surface area contributed by atoms with Gasteiger partial charge in [-0.05, 0) is 63.1 Å². The molecule has 1 N–H and O–H groups in total. The van der Waals surface area contributed by atoms with E-state index in [1.165, 1.54) is 12.8 Å². The number of furan rings is 1. The second kappa shape index (κ2) is 5.90. The standard InChI is InChI=1S/C17H27NO2/c1-3-4-16-5-6-17(20-16)11-18(2)14-7-12-9-15(19)10-13(12)8-14/h5-6,12-15,19H,3-4,7-11H2,1-2H3/t12-,13+,14?,15?. The van der Waals surface area contributed by atoms with Crippen molar-refractivity contribution in [2.75, 3.05) is 7.05 Å². The van der Waals surface area contributed by atoms with Gasteiger partial charge in [-0.1, -0.05) is 6.92 Å². The number of aliphatic hydroxyl groups excluding tert-OH is 1. The summed E-state index contributed by atoms with van der Waals surface area (Å²) < 4.78 is 5.88. The first-order chi connectivity index (χ1) is 9.65. The van der Waals surface area contributed by atoms with E-state index in [4.69, 9.17) is 4.42 Å². The van der Waals surface area contributed by atoms with E-state index >= 15 is 0 Å². The summed E-state index contributed by atoms with van der Waals surface area (Å²) in [5.74, 6) is 3.71. The van der Waals surface area contributed by atoms with Crippen LogP contribution in [0.15, 0.2) is 16.5 Å². The molecule has 1 aromatic heterocycles. The summed E-state index contributed by atoms with van der Waals surface area (Å²) in [5, 5.41) is 9.72. The van der Waals surface area contributed by atoms with Crippen LogP contribution in [-0.4, -0.2) is 29.2 Å². The Balaban J connectivity index is 1.53. The lowest BCUT2D eigenvalue weighted by atomic mass is 10.0. The molecule has 2 unspecified atom stereocenters. The highest BCUT2D eigenvalue weighted by Gasteiger charge is 2.42. The normalized spacial score (nSPS) is 33.0. The molecule has 0 spiro atoms. The quantitative estimate of drug-likeness (QED) is 0.898. The summed E-state index contributed by atoms with van der Waals surface area (Å²) in [4.78, 5) is 2.44. The summed E-state index contributed by atoms with van der Waals surface area (Å²) in [5.41, 5.74) is 0. The first kappa shape index (κ1) is 14.2. The molecular weight excluding hydrogens is 250 g/mol. The lowest BCUT2D eigenvalue weighted by molar-refractivity contribution is 0.155. The molecule has 3 rings (SSSR count). The first-order valence-electron chi connectivity index (χ1n) is 8.11. The average molecular weight is 277 g/mol. The molecule has 0 saturated heterocycles. The summed E-state index contributed by atoms with van der Waals surface area (Å²) in [6.45, 7) is 3.09. The van der Waals surface area contributed by atoms with Crippen LogP contribution in [0.5, 0.6) is 0 Å². The Hall–Kier alpha value is -0.800. The maximum Gasteiger partial charge on any atom is 0.118 e. The van der Waals surface area contributed by atoms with Crippen LogP contribution in [-0.2, 0) is 13.0 Å². The molecule has 2 aliphatic carbocycles. The monoisotopic (exact) mass is 277 g/mol. The van der Waals surface area contributed by atoms with Gasteiger partial charge in [0.15, 0.2) is 0 Å². The molecule has 1 aromatic rings. The molecule has 3 nitrogen and oxygen atoms in total. The maximum absolute atomic E-state index is 9.72. The van der Waals surface area contributed by atoms with Gasteiger partial charge in [0.25, 0.3) is 0 Å². The van der Waals surface area contributed by atoms with Crippen LogP contribution < -0.4 is 0 Å². The number of hydrogen-bond donors (Lipinski definition) is 1. The van der Waals surface area contributed by atoms with Crippen molar-refractivity contribution in [3.63, 3.8) is 0 Å². The van der Waals surface area contributed by atoms with Gasteiger partial charge < -0.3 is 9.52 Å². The third-order valence-corrected chi connectivity index (χ3v) is 5.21. The molecule has 2 fully saturated rings. The zero-order valence-electron chi connectivity index (χ0n) is 12.7. The Morgan fingerprint density at radius 1 is 1.15 bits per heavy atom. The van der Waals surface area contributed by atoms with Crippen LogP contribution in [0.3, 0.4) is 0 Å². The van der Waals surface area contributed by atoms with Crippen LogP contribution >= 0.6 is 0 Å². The molecule has 0 amide bonds. The largest absolute Gasteiger partial charge is 0.465 e. The minimum Gasteiger partial charge on any atom is -0.465 e. The lowest BCUT2D eigenvalue weighted by Crippen LogP contribution is -2.29. The zero-order valence-corrected chi connectivity index (χ0v) is 12.7. The van der Waals surface area contributed by atoms with E-state index in [2.05, 4.69) is 31.0 Å². The van der Waals surface area contributed by atoms with E-state index in [0.29, 0.717) is 6.04 Å². The van der Waals surface area contributed by atoms with Gasteiger partial charge in [-0.25, -0.2) is 0 Å². The molecule has 0 aromatic carbocycles. The van der Waals surface area contributed by atoms with Crippen molar-refractivity contribution in [3.05, 3.63) is 23.7 Å². The van der Waals surface area contributed by atoms with Crippen molar-refractivity contribution in [1.29, 1.82) is 0 Å². The van der Waals surface area contributed by atoms with E-state index < -0.39 is 0 Å². The van der Waals surface area contributed by atoms with Crippen molar-refractivity contribution in [1.82, 2.24) is 4.90 Å². The number of aliphatic hydroxyl groups is 1. The fourth-order valence-corrected chi connectivity index (χ4v) is 4.18. The highest BCUT2D eigenvalue weighted by molar-refractivity contribution is 5.07. The summed E-state index contributed by atoms with van der Waals surface area (Å²) in [6.07, 6.45) is 6.69. The van der Waals surface area contributed by atoms with Crippen molar-refractivity contribution < 1.29 is 9.52 Å². The molecule has 4 atom stereocenters. The predicted molar refractivity (Wildman–Crippen MR) is 79.4 cm³/mol. The molecule has 0 aliphatic heterocycles. The minimum absolute atomic E-state index is 0.0297. The number of rotatable bonds is 5. The first-order valence-corrected chi connectivity index (χ1v) is 8.11. The molecule has 2 saturated carbocycles. The van der Waals surface area contributed by atoms with E-state index in [0.717, 1.165) is 55.6 Å². The SMILES string of the molecule is CCCc1ccc(CN(C)C2C[C@H]3CC(O)C[C@H]3C2)o1. The molecule has 112 valence electrons. The summed E-state index contributed by atoms with van der Waals surface area (Å²) >= 11 is 0. The van der Waals surface area contributed by atoms with Gasteiger partial charge in [0.2, 0.25) is 0 Å². The molecule has 1 heterocycles. The average Bonchev–Trinajstić information content (AvgIpc) is 3.04. The second-order valence-electron chi connectivity index (χ2n) is 6.80. The molecule has 0 bridgehead atoms. The lowest BCUT2D eigenvalue weighted by Gasteiger charge is -2.24. The number of hydrogen-bond acceptors (Lipinski definition) is 3.